The molecule has 0 radical (unpaired) electrons. The Morgan fingerprint density at radius 2 is 1.88 bits per heavy atom. The van der Waals surface area contributed by atoms with Gasteiger partial charge in [-0.1, -0.05) is 0 Å². The predicted octanol–water partition coefficient (Wildman–Crippen LogP) is 2.79. The fraction of sp³-hybridized carbons (Fsp3) is 0.308. The molecule has 2 aromatic rings. The summed E-state index contributed by atoms with van der Waals surface area (Å²) in [7, 11) is 1.68. The molecule has 0 aliphatic heterocycles. The topological polar surface area (TPSA) is 22.1 Å². The van der Waals surface area contributed by atoms with Gasteiger partial charge < -0.3 is 0 Å². The summed E-state index contributed by atoms with van der Waals surface area (Å²) >= 11 is -1.99. The van der Waals surface area contributed by atoms with Gasteiger partial charge in [0.1, 0.15) is 0 Å². The molecule has 0 saturated carbocycles. The van der Waals surface area contributed by atoms with E-state index in [0.717, 1.165) is 11.3 Å². The van der Waals surface area contributed by atoms with E-state index in [1.165, 1.54) is 8.97 Å². The predicted molar refractivity (Wildman–Crippen MR) is 71.3 cm³/mol. The van der Waals surface area contributed by atoms with Crippen molar-refractivity contribution in [2.45, 2.75) is 14.8 Å². The van der Waals surface area contributed by atoms with Gasteiger partial charge in [-0.25, -0.2) is 0 Å². The molecule has 2 rings (SSSR count). The van der Waals surface area contributed by atoms with Crippen LogP contribution in [0, 0.1) is 0 Å². The second-order valence-electron chi connectivity index (χ2n) is 5.03. The molecule has 0 amide bonds. The van der Waals surface area contributed by atoms with E-state index in [9.17, 15) is 0 Å². The Hall–Kier alpha value is -0.771. The number of fused-ring (bicyclic) bond motifs is 1. The summed E-state index contributed by atoms with van der Waals surface area (Å²) in [4.78, 5) is 11.7. The molecule has 1 aromatic heterocycles. The monoisotopic (exact) mass is 323 g/mol. The van der Waals surface area contributed by atoms with Crippen molar-refractivity contribution in [2.24, 2.45) is 0 Å². The van der Waals surface area contributed by atoms with Gasteiger partial charge in [-0.2, -0.15) is 0 Å². The van der Waals surface area contributed by atoms with Crippen molar-refractivity contribution in [3.8, 4) is 5.75 Å². The van der Waals surface area contributed by atoms with Gasteiger partial charge in [0, 0.05) is 0 Å². The zero-order valence-corrected chi connectivity index (χ0v) is 13.1. The number of aromatic nitrogens is 1. The van der Waals surface area contributed by atoms with Gasteiger partial charge in [-0.15, -0.1) is 0 Å². The van der Waals surface area contributed by atoms with E-state index in [1.54, 1.807) is 7.11 Å². The molecular weight excluding hydrogens is 305 g/mol. The zero-order valence-electron chi connectivity index (χ0n) is 10.2. The number of nitrogens with zero attached hydrogens (tertiary/aromatic N) is 1. The zero-order chi connectivity index (χ0) is 11.8. The molecule has 1 heterocycles. The maximum atomic E-state index is 5.19. The first-order valence-electron chi connectivity index (χ1n) is 5.45. The van der Waals surface area contributed by atoms with Crippen molar-refractivity contribution in [1.82, 2.24) is 4.98 Å². The summed E-state index contributed by atoms with van der Waals surface area (Å²) in [5, 5.41) is 1.21. The Kier molecular flexibility index (Phi) is 3.10. The van der Waals surface area contributed by atoms with Crippen molar-refractivity contribution in [2.75, 3.05) is 7.11 Å². The first kappa shape index (κ1) is 11.7. The Morgan fingerprint density at radius 1 is 1.12 bits per heavy atom. The third-order valence-corrected chi connectivity index (χ3v) is 8.48. The Balaban J connectivity index is 2.56. The van der Waals surface area contributed by atoms with Gasteiger partial charge in [0.05, 0.1) is 0 Å². The van der Waals surface area contributed by atoms with Gasteiger partial charge >= 0.3 is 101 Å². The molecule has 0 spiro atoms. The third kappa shape index (κ3) is 2.32. The van der Waals surface area contributed by atoms with E-state index < -0.39 is 18.4 Å². The summed E-state index contributed by atoms with van der Waals surface area (Å²) < 4.78 is 6.66. The van der Waals surface area contributed by atoms with Crippen LogP contribution in [-0.4, -0.2) is 30.5 Å². The molecule has 0 N–H and O–H groups in total. The number of hydrogen-bond acceptors (Lipinski definition) is 2. The molecule has 0 bridgehead atoms. The fourth-order valence-corrected chi connectivity index (χ4v) is 4.61. The van der Waals surface area contributed by atoms with Crippen LogP contribution < -0.4 is 8.32 Å². The first-order valence-corrected chi connectivity index (χ1v) is 15.4. The summed E-state index contributed by atoms with van der Waals surface area (Å²) in [5.74, 6) is 0.868. The molecule has 1 aromatic carbocycles. The fourth-order valence-electron chi connectivity index (χ4n) is 1.64. The molecule has 0 unspecified atom stereocenters. The SMILES string of the molecule is COc1ccc2c[c]([Sn]([CH3])([CH3])[CH3])cnc2c1. The van der Waals surface area contributed by atoms with Crippen LogP contribution in [0.5, 0.6) is 5.75 Å². The van der Waals surface area contributed by atoms with Gasteiger partial charge in [0.15, 0.2) is 0 Å². The normalized spacial score (nSPS) is 11.8. The quantitative estimate of drug-likeness (QED) is 0.794. The van der Waals surface area contributed by atoms with Crippen LogP contribution in [-0.2, 0) is 0 Å². The molecule has 16 heavy (non-hydrogen) atoms. The van der Waals surface area contributed by atoms with Crippen LogP contribution in [0.1, 0.15) is 0 Å². The van der Waals surface area contributed by atoms with Crippen LogP contribution >= 0.6 is 0 Å². The van der Waals surface area contributed by atoms with Gasteiger partial charge in [0.25, 0.3) is 0 Å². The number of benzene rings is 1. The number of rotatable bonds is 2. The van der Waals surface area contributed by atoms with Crippen LogP contribution in [0.4, 0.5) is 0 Å². The summed E-state index contributed by atoms with van der Waals surface area (Å²) in [6.45, 7) is 0. The van der Waals surface area contributed by atoms with Gasteiger partial charge in [-0.05, 0) is 0 Å². The second kappa shape index (κ2) is 4.24. The average Bonchev–Trinajstić information content (AvgIpc) is 2.26. The third-order valence-electron chi connectivity index (χ3n) is 2.76. The van der Waals surface area contributed by atoms with Crippen molar-refractivity contribution in [3.63, 3.8) is 0 Å². The molecular formula is C13H17NOSn. The van der Waals surface area contributed by atoms with Crippen molar-refractivity contribution in [3.05, 3.63) is 30.5 Å². The van der Waals surface area contributed by atoms with E-state index in [-0.39, 0.29) is 0 Å². The number of ether oxygens (including phenoxy) is 1. The number of hydrogen-bond donors (Lipinski definition) is 0. The minimum absolute atomic E-state index is 0.868. The van der Waals surface area contributed by atoms with Crippen LogP contribution in [0.25, 0.3) is 10.9 Å². The van der Waals surface area contributed by atoms with Gasteiger partial charge in [0.2, 0.25) is 0 Å². The summed E-state index contributed by atoms with van der Waals surface area (Å²) in [6.07, 6.45) is 2.04. The molecule has 0 aliphatic carbocycles. The molecule has 0 fully saturated rings. The van der Waals surface area contributed by atoms with Gasteiger partial charge in [-0.3, -0.25) is 0 Å². The van der Waals surface area contributed by atoms with Crippen LogP contribution in [0.2, 0.25) is 14.8 Å². The number of methoxy groups -OCH3 is 1. The van der Waals surface area contributed by atoms with Crippen molar-refractivity contribution in [1.29, 1.82) is 0 Å². The van der Waals surface area contributed by atoms with E-state index in [4.69, 9.17) is 4.74 Å². The maximum absolute atomic E-state index is 5.19. The Labute approximate surface area is 101 Å². The van der Waals surface area contributed by atoms with Crippen molar-refractivity contribution >= 4 is 32.9 Å². The van der Waals surface area contributed by atoms with Crippen LogP contribution in [0.15, 0.2) is 30.5 Å². The molecule has 3 heteroatoms. The Bertz CT molecular complexity index is 517. The standard InChI is InChI=1S/C10H8NO.3CH3.Sn/c1-12-9-5-4-8-3-2-6-11-10(8)7-9;;;;/h3-7H,1H3;3*1H3;. The molecule has 0 saturated heterocycles. The van der Waals surface area contributed by atoms with Crippen molar-refractivity contribution < 1.29 is 4.74 Å². The summed E-state index contributed by atoms with van der Waals surface area (Å²) in [5.41, 5.74) is 1.01. The minimum atomic E-state index is -1.99. The molecule has 84 valence electrons. The first-order chi connectivity index (χ1) is 7.50. The van der Waals surface area contributed by atoms with Crippen LogP contribution in [0.3, 0.4) is 0 Å². The van der Waals surface area contributed by atoms with E-state index >= 15 is 0 Å². The average molecular weight is 322 g/mol. The molecule has 0 aliphatic rings. The van der Waals surface area contributed by atoms with E-state index in [1.807, 2.05) is 18.3 Å². The van der Waals surface area contributed by atoms with E-state index in [2.05, 4.69) is 31.9 Å². The Morgan fingerprint density at radius 3 is 2.50 bits per heavy atom. The molecule has 0 atom stereocenters. The number of pyridine rings is 1. The van der Waals surface area contributed by atoms with E-state index in [0.29, 0.717) is 0 Å². The summed E-state index contributed by atoms with van der Waals surface area (Å²) in [6, 6.07) is 8.35. The molecule has 2 nitrogen and oxygen atoms in total. The second-order valence-corrected chi connectivity index (χ2v) is 19.5.